The number of carbonyl (C=O) groups is 1. The predicted molar refractivity (Wildman–Crippen MR) is 58.1 cm³/mol. The van der Waals surface area contributed by atoms with Gasteiger partial charge in [0, 0.05) is 18.0 Å². The first-order chi connectivity index (χ1) is 7.25. The van der Waals surface area contributed by atoms with Crippen LogP contribution in [0.2, 0.25) is 0 Å². The van der Waals surface area contributed by atoms with Crippen LogP contribution in [0.3, 0.4) is 0 Å². The Kier molecular flexibility index (Phi) is 2.23. The summed E-state index contributed by atoms with van der Waals surface area (Å²) in [6, 6.07) is 0.715. The van der Waals surface area contributed by atoms with Crippen LogP contribution in [0.5, 0.6) is 0 Å². The van der Waals surface area contributed by atoms with Gasteiger partial charge in [0.1, 0.15) is 0 Å². The Balaban J connectivity index is 1.49. The summed E-state index contributed by atoms with van der Waals surface area (Å²) >= 11 is 0. The Morgan fingerprint density at radius 3 is 2.27 bits per heavy atom. The summed E-state index contributed by atoms with van der Waals surface area (Å²) in [6.45, 7) is 0. The average molecular weight is 208 g/mol. The number of hydrogen-bond donors (Lipinski definition) is 2. The van der Waals surface area contributed by atoms with E-state index in [1.807, 2.05) is 0 Å². The van der Waals surface area contributed by atoms with Gasteiger partial charge in [-0.3, -0.25) is 4.79 Å². The molecule has 1 amide bonds. The van der Waals surface area contributed by atoms with Crippen molar-refractivity contribution in [3.63, 3.8) is 0 Å². The third kappa shape index (κ3) is 1.67. The van der Waals surface area contributed by atoms with Crippen LogP contribution in [0, 0.1) is 17.8 Å². The lowest BCUT2D eigenvalue weighted by molar-refractivity contribution is -0.124. The largest absolute Gasteiger partial charge is 0.353 e. The smallest absolute Gasteiger partial charge is 0.223 e. The number of carbonyl (C=O) groups excluding carboxylic acids is 1. The monoisotopic (exact) mass is 208 g/mol. The number of hydrogen-bond acceptors (Lipinski definition) is 2. The van der Waals surface area contributed by atoms with Gasteiger partial charge in [-0.1, -0.05) is 12.8 Å². The van der Waals surface area contributed by atoms with Crippen LogP contribution in [0.1, 0.15) is 38.5 Å². The predicted octanol–water partition coefficient (Wildman–Crippen LogP) is 1.03. The first-order valence-electron chi connectivity index (χ1n) is 6.31. The van der Waals surface area contributed by atoms with Crippen molar-refractivity contribution in [1.82, 2.24) is 5.32 Å². The van der Waals surface area contributed by atoms with Gasteiger partial charge in [-0.15, -0.1) is 0 Å². The van der Waals surface area contributed by atoms with Crippen molar-refractivity contribution in [2.75, 3.05) is 0 Å². The first kappa shape index (κ1) is 9.64. The fourth-order valence-electron chi connectivity index (χ4n) is 3.46. The lowest BCUT2D eigenvalue weighted by Crippen LogP contribution is -2.50. The highest BCUT2D eigenvalue weighted by Crippen LogP contribution is 2.55. The van der Waals surface area contributed by atoms with Gasteiger partial charge < -0.3 is 11.1 Å². The number of rotatable bonds is 2. The molecule has 15 heavy (non-hydrogen) atoms. The van der Waals surface area contributed by atoms with Gasteiger partial charge in [0.2, 0.25) is 5.91 Å². The van der Waals surface area contributed by atoms with E-state index in [4.69, 9.17) is 5.73 Å². The van der Waals surface area contributed by atoms with Crippen LogP contribution in [0.4, 0.5) is 0 Å². The highest BCUT2D eigenvalue weighted by molar-refractivity contribution is 5.82. The molecule has 0 aliphatic heterocycles. The zero-order chi connectivity index (χ0) is 10.4. The molecule has 3 nitrogen and oxygen atoms in total. The van der Waals surface area contributed by atoms with E-state index in [1.54, 1.807) is 0 Å². The maximum absolute atomic E-state index is 11.9. The molecule has 3 N–H and O–H groups in total. The quantitative estimate of drug-likeness (QED) is 0.712. The average Bonchev–Trinajstić information content (AvgIpc) is 2.89. The Morgan fingerprint density at radius 2 is 1.73 bits per heavy atom. The molecule has 0 heterocycles. The molecule has 0 aromatic rings. The van der Waals surface area contributed by atoms with Crippen molar-refractivity contribution in [3.05, 3.63) is 0 Å². The van der Waals surface area contributed by atoms with Gasteiger partial charge in [-0.25, -0.2) is 0 Å². The fourth-order valence-corrected chi connectivity index (χ4v) is 3.46. The van der Waals surface area contributed by atoms with Crippen molar-refractivity contribution in [2.45, 2.75) is 50.6 Å². The van der Waals surface area contributed by atoms with Crippen molar-refractivity contribution < 1.29 is 4.79 Å². The van der Waals surface area contributed by atoms with Gasteiger partial charge in [0.05, 0.1) is 0 Å². The molecule has 3 rings (SSSR count). The topological polar surface area (TPSA) is 55.1 Å². The summed E-state index contributed by atoms with van der Waals surface area (Å²) in [5, 5.41) is 3.15. The third-order valence-electron chi connectivity index (χ3n) is 4.48. The summed E-state index contributed by atoms with van der Waals surface area (Å²) in [7, 11) is 0. The van der Waals surface area contributed by atoms with E-state index in [1.165, 1.54) is 25.7 Å². The Morgan fingerprint density at radius 1 is 1.13 bits per heavy atom. The third-order valence-corrected chi connectivity index (χ3v) is 4.48. The van der Waals surface area contributed by atoms with Crippen molar-refractivity contribution >= 4 is 5.91 Å². The summed E-state index contributed by atoms with van der Waals surface area (Å²) in [4.78, 5) is 11.9. The van der Waals surface area contributed by atoms with Gasteiger partial charge in [0.25, 0.3) is 0 Å². The van der Waals surface area contributed by atoms with Crippen molar-refractivity contribution in [1.29, 1.82) is 0 Å². The molecule has 0 spiro atoms. The molecule has 3 fully saturated rings. The molecular formula is C12H20N2O. The normalized spacial score (nSPS) is 47.7. The molecule has 2 atom stereocenters. The number of fused-ring (bicyclic) bond motifs is 1. The van der Waals surface area contributed by atoms with Gasteiger partial charge in [-0.2, -0.15) is 0 Å². The van der Waals surface area contributed by atoms with E-state index in [0.717, 1.165) is 24.7 Å². The summed E-state index contributed by atoms with van der Waals surface area (Å²) < 4.78 is 0. The molecule has 0 aromatic heterocycles. The minimum Gasteiger partial charge on any atom is -0.353 e. The second-order valence-electron chi connectivity index (χ2n) is 5.57. The second kappa shape index (κ2) is 3.48. The maximum atomic E-state index is 11.9. The molecule has 3 aliphatic carbocycles. The van der Waals surface area contributed by atoms with Crippen molar-refractivity contribution in [3.8, 4) is 0 Å². The van der Waals surface area contributed by atoms with Crippen LogP contribution < -0.4 is 11.1 Å². The van der Waals surface area contributed by atoms with Gasteiger partial charge >= 0.3 is 0 Å². The van der Waals surface area contributed by atoms with Crippen LogP contribution >= 0.6 is 0 Å². The van der Waals surface area contributed by atoms with Crippen LogP contribution in [0.15, 0.2) is 0 Å². The minimum atomic E-state index is 0.323. The number of nitrogens with two attached hydrogens (primary N) is 1. The highest BCUT2D eigenvalue weighted by atomic mass is 16.2. The maximum Gasteiger partial charge on any atom is 0.223 e. The molecule has 0 bridgehead atoms. The SMILES string of the molecule is NC1CC(NC(=O)C2C3CCCCC32)C1. The van der Waals surface area contributed by atoms with Crippen LogP contribution in [-0.4, -0.2) is 18.0 Å². The lowest BCUT2D eigenvalue weighted by Gasteiger charge is -2.33. The van der Waals surface area contributed by atoms with Gasteiger partial charge in [0.15, 0.2) is 0 Å². The van der Waals surface area contributed by atoms with E-state index in [9.17, 15) is 4.79 Å². The zero-order valence-electron chi connectivity index (χ0n) is 9.11. The Labute approximate surface area is 90.8 Å². The molecule has 3 heteroatoms. The van der Waals surface area contributed by atoms with Gasteiger partial charge in [-0.05, 0) is 37.5 Å². The molecule has 3 aliphatic rings. The fraction of sp³-hybridized carbons (Fsp3) is 0.917. The summed E-state index contributed by atoms with van der Waals surface area (Å²) in [5.74, 6) is 2.15. The standard InChI is InChI=1S/C12H20N2O/c13-7-5-8(6-7)14-12(15)11-9-3-1-2-4-10(9)11/h7-11H,1-6,13H2,(H,14,15). The minimum absolute atomic E-state index is 0.323. The molecule has 84 valence electrons. The molecule has 0 aromatic carbocycles. The molecule has 0 radical (unpaired) electrons. The lowest BCUT2D eigenvalue weighted by atomic mass is 9.87. The zero-order valence-corrected chi connectivity index (χ0v) is 9.11. The van der Waals surface area contributed by atoms with Crippen LogP contribution in [-0.2, 0) is 4.79 Å². The second-order valence-corrected chi connectivity index (χ2v) is 5.57. The van der Waals surface area contributed by atoms with Crippen LogP contribution in [0.25, 0.3) is 0 Å². The Hall–Kier alpha value is -0.570. The number of amides is 1. The highest BCUT2D eigenvalue weighted by Gasteiger charge is 2.55. The first-order valence-corrected chi connectivity index (χ1v) is 6.31. The van der Waals surface area contributed by atoms with E-state index < -0.39 is 0 Å². The Bertz CT molecular complexity index is 261. The molecular weight excluding hydrogens is 188 g/mol. The molecule has 2 unspecified atom stereocenters. The summed E-state index contributed by atoms with van der Waals surface area (Å²) in [6.07, 6.45) is 7.19. The number of nitrogens with one attached hydrogen (secondary N) is 1. The molecule has 0 saturated heterocycles. The summed E-state index contributed by atoms with van der Waals surface area (Å²) in [5.41, 5.74) is 5.70. The van der Waals surface area contributed by atoms with E-state index in [2.05, 4.69) is 5.32 Å². The van der Waals surface area contributed by atoms with E-state index >= 15 is 0 Å². The van der Waals surface area contributed by atoms with E-state index in [0.29, 0.717) is 23.9 Å². The van der Waals surface area contributed by atoms with E-state index in [-0.39, 0.29) is 0 Å². The van der Waals surface area contributed by atoms with Crippen molar-refractivity contribution in [2.24, 2.45) is 23.5 Å². The molecule has 3 saturated carbocycles.